The first kappa shape index (κ1) is 13.3. The standard InChI is InChI=1S/C15H21FO2/c1-10-4-3-5-13(8-10)18-15-7-6-12(11(2)17)9-14(15)16/h6-7,9-11,13,17H,3-5,8H2,1-2H3/t10?,11-,13?/m1/s1. The highest BCUT2D eigenvalue weighted by Crippen LogP contribution is 2.29. The Labute approximate surface area is 108 Å². The molecule has 1 fully saturated rings. The molecule has 0 spiro atoms. The summed E-state index contributed by atoms with van der Waals surface area (Å²) < 4.78 is 19.6. The minimum Gasteiger partial charge on any atom is -0.487 e. The van der Waals surface area contributed by atoms with Crippen LogP contribution in [0.25, 0.3) is 0 Å². The largest absolute Gasteiger partial charge is 0.487 e. The molecule has 1 aromatic carbocycles. The lowest BCUT2D eigenvalue weighted by Crippen LogP contribution is -2.24. The summed E-state index contributed by atoms with van der Waals surface area (Å²) in [5, 5.41) is 9.39. The van der Waals surface area contributed by atoms with E-state index in [0.717, 1.165) is 19.3 Å². The summed E-state index contributed by atoms with van der Waals surface area (Å²) in [4.78, 5) is 0. The quantitative estimate of drug-likeness (QED) is 0.885. The summed E-state index contributed by atoms with van der Waals surface area (Å²) in [5.41, 5.74) is 0.580. The first-order chi connectivity index (χ1) is 8.56. The first-order valence-corrected chi connectivity index (χ1v) is 6.70. The summed E-state index contributed by atoms with van der Waals surface area (Å²) >= 11 is 0. The lowest BCUT2D eigenvalue weighted by molar-refractivity contribution is 0.124. The van der Waals surface area contributed by atoms with Gasteiger partial charge in [-0.1, -0.05) is 19.4 Å². The van der Waals surface area contributed by atoms with E-state index in [1.165, 1.54) is 12.5 Å². The van der Waals surface area contributed by atoms with Crippen LogP contribution in [-0.4, -0.2) is 11.2 Å². The van der Waals surface area contributed by atoms with Crippen molar-refractivity contribution in [3.8, 4) is 5.75 Å². The van der Waals surface area contributed by atoms with Crippen molar-refractivity contribution < 1.29 is 14.2 Å². The van der Waals surface area contributed by atoms with E-state index in [1.54, 1.807) is 19.1 Å². The van der Waals surface area contributed by atoms with E-state index in [9.17, 15) is 9.50 Å². The van der Waals surface area contributed by atoms with Crippen LogP contribution in [0.1, 0.15) is 51.2 Å². The van der Waals surface area contributed by atoms with Gasteiger partial charge in [-0.05, 0) is 49.8 Å². The zero-order valence-corrected chi connectivity index (χ0v) is 11.0. The molecule has 3 atom stereocenters. The Bertz CT molecular complexity index is 403. The molecule has 1 N–H and O–H groups in total. The number of hydrogen-bond donors (Lipinski definition) is 1. The van der Waals surface area contributed by atoms with Gasteiger partial charge in [0.05, 0.1) is 12.2 Å². The third kappa shape index (κ3) is 3.22. The maximum absolute atomic E-state index is 13.8. The van der Waals surface area contributed by atoms with Crippen molar-refractivity contribution in [2.45, 2.75) is 51.7 Å². The van der Waals surface area contributed by atoms with E-state index >= 15 is 0 Å². The molecule has 0 aromatic heterocycles. The van der Waals surface area contributed by atoms with Gasteiger partial charge in [-0.3, -0.25) is 0 Å². The van der Waals surface area contributed by atoms with Gasteiger partial charge in [0, 0.05) is 0 Å². The highest BCUT2D eigenvalue weighted by molar-refractivity contribution is 5.30. The van der Waals surface area contributed by atoms with E-state index < -0.39 is 6.10 Å². The second-order valence-electron chi connectivity index (χ2n) is 5.38. The van der Waals surface area contributed by atoms with Crippen LogP contribution >= 0.6 is 0 Å². The average Bonchev–Trinajstić information content (AvgIpc) is 2.31. The normalized spacial score (nSPS) is 25.8. The predicted octanol–water partition coefficient (Wildman–Crippen LogP) is 3.84. The van der Waals surface area contributed by atoms with E-state index in [1.807, 2.05) is 0 Å². The number of aliphatic hydroxyl groups is 1. The molecule has 0 bridgehead atoms. The van der Waals surface area contributed by atoms with Crippen molar-refractivity contribution in [1.29, 1.82) is 0 Å². The minimum atomic E-state index is -0.650. The van der Waals surface area contributed by atoms with Crippen LogP contribution in [0.3, 0.4) is 0 Å². The van der Waals surface area contributed by atoms with E-state index in [2.05, 4.69) is 6.92 Å². The lowest BCUT2D eigenvalue weighted by atomic mass is 9.89. The van der Waals surface area contributed by atoms with Crippen LogP contribution < -0.4 is 4.74 Å². The van der Waals surface area contributed by atoms with Gasteiger partial charge >= 0.3 is 0 Å². The molecule has 1 aromatic rings. The van der Waals surface area contributed by atoms with Gasteiger partial charge < -0.3 is 9.84 Å². The smallest absolute Gasteiger partial charge is 0.165 e. The zero-order chi connectivity index (χ0) is 13.1. The molecule has 2 rings (SSSR count). The van der Waals surface area contributed by atoms with Crippen molar-refractivity contribution in [3.63, 3.8) is 0 Å². The fraction of sp³-hybridized carbons (Fsp3) is 0.600. The Morgan fingerprint density at radius 2 is 2.17 bits per heavy atom. The van der Waals surface area contributed by atoms with Gasteiger partial charge in [0.1, 0.15) is 0 Å². The second kappa shape index (κ2) is 5.70. The number of hydrogen-bond acceptors (Lipinski definition) is 2. The van der Waals surface area contributed by atoms with Crippen molar-refractivity contribution in [1.82, 2.24) is 0 Å². The van der Waals surface area contributed by atoms with Crippen LogP contribution in [0.2, 0.25) is 0 Å². The predicted molar refractivity (Wildman–Crippen MR) is 69.1 cm³/mol. The molecule has 0 saturated heterocycles. The molecule has 0 amide bonds. The highest BCUT2D eigenvalue weighted by Gasteiger charge is 2.21. The number of rotatable bonds is 3. The molecule has 18 heavy (non-hydrogen) atoms. The summed E-state index contributed by atoms with van der Waals surface area (Å²) in [6, 6.07) is 4.69. The Morgan fingerprint density at radius 1 is 1.39 bits per heavy atom. The summed E-state index contributed by atoms with van der Waals surface area (Å²) in [7, 11) is 0. The molecule has 100 valence electrons. The van der Waals surface area contributed by atoms with Gasteiger partial charge in [0.2, 0.25) is 0 Å². The van der Waals surface area contributed by atoms with E-state index in [-0.39, 0.29) is 11.9 Å². The topological polar surface area (TPSA) is 29.5 Å². The number of ether oxygens (including phenoxy) is 1. The molecule has 1 aliphatic rings. The van der Waals surface area contributed by atoms with Gasteiger partial charge in [-0.2, -0.15) is 0 Å². The first-order valence-electron chi connectivity index (χ1n) is 6.70. The zero-order valence-electron chi connectivity index (χ0n) is 11.0. The fourth-order valence-electron chi connectivity index (χ4n) is 2.54. The Balaban J connectivity index is 2.05. The Hall–Kier alpha value is -1.09. The van der Waals surface area contributed by atoms with E-state index in [4.69, 9.17) is 4.74 Å². The molecule has 1 aliphatic carbocycles. The molecular weight excluding hydrogens is 231 g/mol. The highest BCUT2D eigenvalue weighted by atomic mass is 19.1. The fourth-order valence-corrected chi connectivity index (χ4v) is 2.54. The molecule has 0 heterocycles. The average molecular weight is 252 g/mol. The molecular formula is C15H21FO2. The molecule has 0 radical (unpaired) electrons. The molecule has 1 saturated carbocycles. The lowest BCUT2D eigenvalue weighted by Gasteiger charge is -2.27. The second-order valence-corrected chi connectivity index (χ2v) is 5.38. The van der Waals surface area contributed by atoms with Gasteiger partial charge in [-0.25, -0.2) is 4.39 Å². The number of aliphatic hydroxyl groups excluding tert-OH is 1. The van der Waals surface area contributed by atoms with Crippen LogP contribution in [-0.2, 0) is 0 Å². The van der Waals surface area contributed by atoms with Crippen LogP contribution in [0.5, 0.6) is 5.75 Å². The van der Waals surface area contributed by atoms with Crippen molar-refractivity contribution in [2.24, 2.45) is 5.92 Å². The molecule has 2 unspecified atom stereocenters. The van der Waals surface area contributed by atoms with E-state index in [0.29, 0.717) is 17.2 Å². The summed E-state index contributed by atoms with van der Waals surface area (Å²) in [5.74, 6) is 0.577. The molecule has 0 aliphatic heterocycles. The number of halogens is 1. The Kier molecular flexibility index (Phi) is 4.23. The molecule has 3 heteroatoms. The van der Waals surface area contributed by atoms with Crippen molar-refractivity contribution in [2.75, 3.05) is 0 Å². The van der Waals surface area contributed by atoms with Crippen LogP contribution in [0.4, 0.5) is 4.39 Å². The van der Waals surface area contributed by atoms with Crippen LogP contribution in [0.15, 0.2) is 18.2 Å². The summed E-state index contributed by atoms with van der Waals surface area (Å²) in [6.07, 6.45) is 3.87. The van der Waals surface area contributed by atoms with Crippen LogP contribution in [0, 0.1) is 11.7 Å². The van der Waals surface area contributed by atoms with Crippen molar-refractivity contribution in [3.05, 3.63) is 29.6 Å². The van der Waals surface area contributed by atoms with Crippen molar-refractivity contribution >= 4 is 0 Å². The number of benzene rings is 1. The monoisotopic (exact) mass is 252 g/mol. The van der Waals surface area contributed by atoms with Gasteiger partial charge in [-0.15, -0.1) is 0 Å². The van der Waals surface area contributed by atoms with Gasteiger partial charge in [0.15, 0.2) is 11.6 Å². The third-order valence-electron chi connectivity index (χ3n) is 3.62. The summed E-state index contributed by atoms with van der Waals surface area (Å²) in [6.45, 7) is 3.83. The minimum absolute atomic E-state index is 0.126. The third-order valence-corrected chi connectivity index (χ3v) is 3.62. The Morgan fingerprint density at radius 3 is 2.78 bits per heavy atom. The van der Waals surface area contributed by atoms with Gasteiger partial charge in [0.25, 0.3) is 0 Å². The SMILES string of the molecule is CC1CCCC(Oc2ccc([C@@H](C)O)cc2F)C1. The maximum Gasteiger partial charge on any atom is 0.165 e. The maximum atomic E-state index is 13.8. The molecule has 2 nitrogen and oxygen atoms in total.